The molecule has 2 rings (SSSR count). The van der Waals surface area contributed by atoms with Gasteiger partial charge < -0.3 is 15.2 Å². The van der Waals surface area contributed by atoms with E-state index in [1.54, 1.807) is 0 Å². The lowest BCUT2D eigenvalue weighted by Gasteiger charge is -2.13. The number of ether oxygens (including phenoxy) is 1. The number of aliphatic hydroxyl groups is 1. The molecule has 0 fully saturated rings. The first-order chi connectivity index (χ1) is 9.22. The molecule has 1 atom stereocenters. The van der Waals surface area contributed by atoms with Crippen LogP contribution in [-0.4, -0.2) is 12.2 Å². The van der Waals surface area contributed by atoms with Gasteiger partial charge in [-0.15, -0.1) is 0 Å². The topological polar surface area (TPSA) is 41.5 Å². The van der Waals surface area contributed by atoms with Crippen molar-refractivity contribution in [2.45, 2.75) is 19.6 Å². The number of hydrogen-bond acceptors (Lipinski definition) is 3. The molecule has 0 aliphatic carbocycles. The lowest BCUT2D eigenvalue weighted by atomic mass is 10.1. The van der Waals surface area contributed by atoms with Gasteiger partial charge in [0.05, 0.1) is 6.61 Å². The maximum Gasteiger partial charge on any atom is 0.127 e. The zero-order valence-electron chi connectivity index (χ0n) is 11.3. The summed E-state index contributed by atoms with van der Waals surface area (Å²) in [6.07, 6.45) is 0. The minimum atomic E-state index is 0.0219. The third-order valence-corrected chi connectivity index (χ3v) is 3.11. The summed E-state index contributed by atoms with van der Waals surface area (Å²) in [5.41, 5.74) is 2.02. The first kappa shape index (κ1) is 13.6. The maximum absolute atomic E-state index is 9.11. The van der Waals surface area contributed by atoms with E-state index < -0.39 is 0 Å². The van der Waals surface area contributed by atoms with Gasteiger partial charge in [0.1, 0.15) is 11.5 Å². The molecule has 0 saturated heterocycles. The lowest BCUT2D eigenvalue weighted by molar-refractivity contribution is 0.281. The van der Waals surface area contributed by atoms with Crippen LogP contribution < -0.4 is 10.1 Å². The van der Waals surface area contributed by atoms with Gasteiger partial charge in [0.15, 0.2) is 0 Å². The van der Waals surface area contributed by atoms with Crippen LogP contribution in [-0.2, 0) is 6.61 Å². The van der Waals surface area contributed by atoms with Crippen LogP contribution in [0.4, 0.5) is 0 Å². The number of rotatable bonds is 5. The quantitative estimate of drug-likeness (QED) is 0.864. The molecule has 2 aromatic rings. The van der Waals surface area contributed by atoms with E-state index in [0.29, 0.717) is 0 Å². The molecule has 0 spiro atoms. The number of hydrogen-bond donors (Lipinski definition) is 2. The Morgan fingerprint density at radius 3 is 2.47 bits per heavy atom. The Labute approximate surface area is 113 Å². The van der Waals surface area contributed by atoms with Crippen molar-refractivity contribution in [2.24, 2.45) is 0 Å². The highest BCUT2D eigenvalue weighted by atomic mass is 16.5. The molecule has 3 heteroatoms. The largest absolute Gasteiger partial charge is 0.457 e. The SMILES string of the molecule is CNC(C)c1cccc(Oc2cccc(CO)c2)c1. The number of nitrogens with one attached hydrogen (secondary N) is 1. The fourth-order valence-corrected chi connectivity index (χ4v) is 1.86. The average Bonchev–Trinajstić information content (AvgIpc) is 2.47. The van der Waals surface area contributed by atoms with E-state index in [4.69, 9.17) is 9.84 Å². The molecule has 0 amide bonds. The molecule has 100 valence electrons. The maximum atomic E-state index is 9.11. The number of benzene rings is 2. The molecule has 0 radical (unpaired) electrons. The molecule has 2 N–H and O–H groups in total. The normalized spacial score (nSPS) is 12.2. The van der Waals surface area contributed by atoms with Crippen LogP contribution in [0, 0.1) is 0 Å². The van der Waals surface area contributed by atoms with Crippen LogP contribution in [0.5, 0.6) is 11.5 Å². The Kier molecular flexibility index (Phi) is 4.55. The molecule has 0 aromatic heterocycles. The minimum absolute atomic E-state index is 0.0219. The monoisotopic (exact) mass is 257 g/mol. The van der Waals surface area contributed by atoms with E-state index in [1.807, 2.05) is 49.5 Å². The summed E-state index contributed by atoms with van der Waals surface area (Å²) in [6.45, 7) is 2.12. The van der Waals surface area contributed by atoms with E-state index in [-0.39, 0.29) is 12.6 Å². The first-order valence-electron chi connectivity index (χ1n) is 6.38. The van der Waals surface area contributed by atoms with Crippen LogP contribution in [0.15, 0.2) is 48.5 Å². The molecule has 0 saturated carbocycles. The fourth-order valence-electron chi connectivity index (χ4n) is 1.86. The second-order valence-corrected chi connectivity index (χ2v) is 4.49. The Balaban J connectivity index is 2.18. The molecular weight excluding hydrogens is 238 g/mol. The van der Waals surface area contributed by atoms with Crippen molar-refractivity contribution in [3.05, 3.63) is 59.7 Å². The average molecular weight is 257 g/mol. The molecule has 0 heterocycles. The highest BCUT2D eigenvalue weighted by Crippen LogP contribution is 2.25. The van der Waals surface area contributed by atoms with Crippen molar-refractivity contribution >= 4 is 0 Å². The molecular formula is C16H19NO2. The van der Waals surface area contributed by atoms with Crippen LogP contribution in [0.25, 0.3) is 0 Å². The Hall–Kier alpha value is -1.84. The van der Waals surface area contributed by atoms with Crippen molar-refractivity contribution in [1.29, 1.82) is 0 Å². The second-order valence-electron chi connectivity index (χ2n) is 4.49. The van der Waals surface area contributed by atoms with Crippen LogP contribution in [0.1, 0.15) is 24.1 Å². The lowest BCUT2D eigenvalue weighted by Crippen LogP contribution is -2.11. The third-order valence-electron chi connectivity index (χ3n) is 3.11. The third kappa shape index (κ3) is 3.56. The highest BCUT2D eigenvalue weighted by Gasteiger charge is 2.04. The summed E-state index contributed by atoms with van der Waals surface area (Å²) in [4.78, 5) is 0. The standard InChI is InChI=1S/C16H19NO2/c1-12(17-2)14-6-4-8-16(10-14)19-15-7-3-5-13(9-15)11-18/h3-10,12,17-18H,11H2,1-2H3. The molecule has 3 nitrogen and oxygen atoms in total. The molecule has 0 aliphatic rings. The summed E-state index contributed by atoms with van der Waals surface area (Å²) in [6, 6.07) is 15.7. The van der Waals surface area contributed by atoms with Crippen molar-refractivity contribution in [1.82, 2.24) is 5.32 Å². The van der Waals surface area contributed by atoms with Gasteiger partial charge in [-0.05, 0) is 49.4 Å². The summed E-state index contributed by atoms with van der Waals surface area (Å²) >= 11 is 0. The van der Waals surface area contributed by atoms with E-state index in [1.165, 1.54) is 5.56 Å². The van der Waals surface area contributed by atoms with E-state index in [2.05, 4.69) is 18.3 Å². The molecule has 19 heavy (non-hydrogen) atoms. The fraction of sp³-hybridized carbons (Fsp3) is 0.250. The Bertz CT molecular complexity index is 540. The smallest absolute Gasteiger partial charge is 0.127 e. The van der Waals surface area contributed by atoms with E-state index >= 15 is 0 Å². The van der Waals surface area contributed by atoms with Crippen LogP contribution in [0.3, 0.4) is 0 Å². The minimum Gasteiger partial charge on any atom is -0.457 e. The van der Waals surface area contributed by atoms with Crippen LogP contribution in [0.2, 0.25) is 0 Å². The van der Waals surface area contributed by atoms with Gasteiger partial charge in [-0.2, -0.15) is 0 Å². The first-order valence-corrected chi connectivity index (χ1v) is 6.38. The Morgan fingerprint density at radius 1 is 1.11 bits per heavy atom. The zero-order chi connectivity index (χ0) is 13.7. The van der Waals surface area contributed by atoms with Gasteiger partial charge in [-0.3, -0.25) is 0 Å². The molecule has 0 aliphatic heterocycles. The van der Waals surface area contributed by atoms with Crippen molar-refractivity contribution < 1.29 is 9.84 Å². The molecule has 0 bridgehead atoms. The predicted molar refractivity (Wildman–Crippen MR) is 76.4 cm³/mol. The van der Waals surface area contributed by atoms with E-state index in [0.717, 1.165) is 17.1 Å². The van der Waals surface area contributed by atoms with E-state index in [9.17, 15) is 0 Å². The summed E-state index contributed by atoms with van der Waals surface area (Å²) in [7, 11) is 1.93. The summed E-state index contributed by atoms with van der Waals surface area (Å²) in [5.74, 6) is 1.54. The van der Waals surface area contributed by atoms with Gasteiger partial charge in [0.25, 0.3) is 0 Å². The van der Waals surface area contributed by atoms with Gasteiger partial charge in [0.2, 0.25) is 0 Å². The predicted octanol–water partition coefficient (Wildman–Crippen LogP) is 3.25. The van der Waals surface area contributed by atoms with Gasteiger partial charge in [-0.1, -0.05) is 24.3 Å². The number of aliphatic hydroxyl groups excluding tert-OH is 1. The van der Waals surface area contributed by atoms with Crippen molar-refractivity contribution in [3.8, 4) is 11.5 Å². The van der Waals surface area contributed by atoms with Crippen molar-refractivity contribution in [2.75, 3.05) is 7.05 Å². The molecule has 1 unspecified atom stereocenters. The summed E-state index contributed by atoms with van der Waals surface area (Å²) < 4.78 is 5.82. The zero-order valence-corrected chi connectivity index (χ0v) is 11.3. The van der Waals surface area contributed by atoms with Gasteiger partial charge in [-0.25, -0.2) is 0 Å². The highest BCUT2D eigenvalue weighted by molar-refractivity contribution is 5.36. The van der Waals surface area contributed by atoms with Gasteiger partial charge >= 0.3 is 0 Å². The Morgan fingerprint density at radius 2 is 1.79 bits per heavy atom. The second kappa shape index (κ2) is 6.36. The molecule has 2 aromatic carbocycles. The van der Waals surface area contributed by atoms with Crippen molar-refractivity contribution in [3.63, 3.8) is 0 Å². The van der Waals surface area contributed by atoms with Gasteiger partial charge in [0, 0.05) is 6.04 Å². The van der Waals surface area contributed by atoms with Crippen LogP contribution >= 0.6 is 0 Å². The summed E-state index contributed by atoms with van der Waals surface area (Å²) in [5, 5.41) is 12.3.